The second kappa shape index (κ2) is 8.75. The number of anilines is 2. The van der Waals surface area contributed by atoms with Crippen LogP contribution in [0.1, 0.15) is 10.6 Å². The number of furan rings is 1. The summed E-state index contributed by atoms with van der Waals surface area (Å²) in [5, 5.41) is 6.31. The van der Waals surface area contributed by atoms with E-state index in [2.05, 4.69) is 38.7 Å². The summed E-state index contributed by atoms with van der Waals surface area (Å²) in [6.45, 7) is 3.62. The van der Waals surface area contributed by atoms with Crippen molar-refractivity contribution in [1.82, 2.24) is 10.3 Å². The Bertz CT molecular complexity index is 1180. The van der Waals surface area contributed by atoms with E-state index in [1.165, 1.54) is 5.56 Å². The Balaban J connectivity index is 1.33. The summed E-state index contributed by atoms with van der Waals surface area (Å²) in [5.41, 5.74) is 2.83. The lowest BCUT2D eigenvalue weighted by molar-refractivity contribution is 0.0997. The number of nitrogens with one attached hydrogen (secondary N) is 2. The monoisotopic (exact) mass is 430 g/mol. The van der Waals surface area contributed by atoms with Gasteiger partial charge in [-0.15, -0.1) is 11.3 Å². The third-order valence-corrected chi connectivity index (χ3v) is 6.39. The zero-order valence-corrected chi connectivity index (χ0v) is 17.7. The Morgan fingerprint density at radius 2 is 1.81 bits per heavy atom. The number of rotatable bonds is 5. The van der Waals surface area contributed by atoms with E-state index >= 15 is 0 Å². The molecule has 0 atom stereocenters. The highest BCUT2D eigenvalue weighted by molar-refractivity contribution is 7.18. The second-order valence-corrected chi connectivity index (χ2v) is 8.36. The average Bonchev–Trinajstić information content (AvgIpc) is 3.51. The highest BCUT2D eigenvalue weighted by Gasteiger charge is 2.18. The van der Waals surface area contributed by atoms with Crippen LogP contribution in [0.15, 0.2) is 77.5 Å². The molecule has 0 radical (unpaired) electrons. The van der Waals surface area contributed by atoms with Crippen molar-refractivity contribution in [3.05, 3.63) is 78.8 Å². The first kappa shape index (κ1) is 19.5. The quantitative estimate of drug-likeness (QED) is 0.479. The van der Waals surface area contributed by atoms with E-state index in [0.29, 0.717) is 11.4 Å². The Morgan fingerprint density at radius 1 is 1.00 bits per heavy atom. The molecule has 6 nitrogen and oxygen atoms in total. The fourth-order valence-electron chi connectivity index (χ4n) is 3.67. The predicted octanol–water partition coefficient (Wildman–Crippen LogP) is 4.73. The average molecular weight is 431 g/mol. The summed E-state index contributed by atoms with van der Waals surface area (Å²) in [7, 11) is 0. The molecular weight excluding hydrogens is 408 g/mol. The Morgan fingerprint density at radius 3 is 2.65 bits per heavy atom. The zero-order chi connectivity index (χ0) is 21.0. The number of piperazine rings is 1. The topological polar surface area (TPSA) is 70.4 Å². The fourth-order valence-corrected chi connectivity index (χ4v) is 4.64. The van der Waals surface area contributed by atoms with Gasteiger partial charge in [0.25, 0.3) is 5.91 Å². The first-order chi connectivity index (χ1) is 15.3. The number of hydrogen-bond acceptors (Lipinski definition) is 6. The summed E-state index contributed by atoms with van der Waals surface area (Å²) in [6, 6.07) is 19.8. The molecule has 1 aliphatic rings. The van der Waals surface area contributed by atoms with Crippen LogP contribution in [0.25, 0.3) is 21.1 Å². The molecule has 0 aliphatic carbocycles. The van der Waals surface area contributed by atoms with Crippen LogP contribution < -0.4 is 15.5 Å². The number of hydrogen-bond donors (Lipinski definition) is 2. The Hall–Kier alpha value is -3.42. The van der Waals surface area contributed by atoms with Gasteiger partial charge in [0.1, 0.15) is 5.76 Å². The molecule has 1 aromatic carbocycles. The second-order valence-electron chi connectivity index (χ2n) is 7.28. The third kappa shape index (κ3) is 4.23. The molecule has 1 saturated heterocycles. The van der Waals surface area contributed by atoms with Crippen LogP contribution in [0.5, 0.6) is 0 Å². The molecular formula is C24H22N4O2S. The number of pyridine rings is 1. The Kier molecular flexibility index (Phi) is 5.52. The van der Waals surface area contributed by atoms with Crippen LogP contribution in [0.3, 0.4) is 0 Å². The van der Waals surface area contributed by atoms with Crippen LogP contribution in [-0.4, -0.2) is 37.1 Å². The fraction of sp³-hybridized carbons (Fsp3) is 0.167. The van der Waals surface area contributed by atoms with Crippen molar-refractivity contribution in [3.8, 4) is 21.1 Å². The minimum atomic E-state index is -0.282. The number of nitrogens with zero attached hydrogens (tertiary/aromatic N) is 2. The molecule has 7 heteroatoms. The van der Waals surface area contributed by atoms with Crippen LogP contribution in [0, 0.1) is 0 Å². The van der Waals surface area contributed by atoms with Gasteiger partial charge in [0.05, 0.1) is 22.4 Å². The lowest BCUT2D eigenvalue weighted by Crippen LogP contribution is -2.43. The molecule has 0 spiro atoms. The van der Waals surface area contributed by atoms with E-state index in [4.69, 9.17) is 4.42 Å². The molecule has 0 bridgehead atoms. The molecule has 1 fully saturated rings. The summed E-state index contributed by atoms with van der Waals surface area (Å²) in [5.74, 6) is 0.682. The molecule has 0 unspecified atom stereocenters. The maximum absolute atomic E-state index is 12.9. The maximum Gasteiger partial charge on any atom is 0.291 e. The van der Waals surface area contributed by atoms with Crippen molar-refractivity contribution in [3.63, 3.8) is 0 Å². The van der Waals surface area contributed by atoms with Crippen molar-refractivity contribution in [1.29, 1.82) is 0 Å². The molecule has 1 amide bonds. The van der Waals surface area contributed by atoms with Gasteiger partial charge in [-0.2, -0.15) is 0 Å². The van der Waals surface area contributed by atoms with Crippen molar-refractivity contribution in [2.24, 2.45) is 0 Å². The number of carbonyl (C=O) groups excluding carboxylic acids is 1. The Labute approximate surface area is 184 Å². The minimum Gasteiger partial charge on any atom is -0.450 e. The number of thiophene rings is 1. The first-order valence-corrected chi connectivity index (χ1v) is 11.1. The minimum absolute atomic E-state index is 0.278. The van der Waals surface area contributed by atoms with Gasteiger partial charge in [-0.25, -0.2) is 0 Å². The normalized spacial score (nSPS) is 13.9. The van der Waals surface area contributed by atoms with Crippen molar-refractivity contribution >= 4 is 28.6 Å². The lowest BCUT2D eigenvalue weighted by atomic mass is 10.2. The first-order valence-electron chi connectivity index (χ1n) is 10.2. The van der Waals surface area contributed by atoms with E-state index in [-0.39, 0.29) is 11.7 Å². The molecule has 156 valence electrons. The molecule has 3 aromatic heterocycles. The number of carbonyl (C=O) groups is 1. The van der Waals surface area contributed by atoms with Gasteiger partial charge < -0.3 is 20.0 Å². The summed E-state index contributed by atoms with van der Waals surface area (Å²) >= 11 is 1.64. The van der Waals surface area contributed by atoms with Gasteiger partial charge in [0, 0.05) is 37.3 Å². The van der Waals surface area contributed by atoms with Gasteiger partial charge in [-0.1, -0.05) is 30.3 Å². The third-order valence-electron chi connectivity index (χ3n) is 5.24. The summed E-state index contributed by atoms with van der Waals surface area (Å²) in [6.07, 6.45) is 3.43. The largest absolute Gasteiger partial charge is 0.450 e. The molecule has 4 heterocycles. The van der Waals surface area contributed by atoms with Crippen LogP contribution >= 0.6 is 11.3 Å². The van der Waals surface area contributed by atoms with Gasteiger partial charge >= 0.3 is 0 Å². The lowest BCUT2D eigenvalue weighted by Gasteiger charge is -2.30. The van der Waals surface area contributed by atoms with Crippen molar-refractivity contribution < 1.29 is 9.21 Å². The van der Waals surface area contributed by atoms with E-state index in [9.17, 15) is 4.79 Å². The van der Waals surface area contributed by atoms with E-state index < -0.39 is 0 Å². The molecule has 5 rings (SSSR count). The highest BCUT2D eigenvalue weighted by Crippen LogP contribution is 2.35. The van der Waals surface area contributed by atoms with Crippen molar-refractivity contribution in [2.75, 3.05) is 36.4 Å². The van der Waals surface area contributed by atoms with Crippen LogP contribution in [0.2, 0.25) is 0 Å². The van der Waals surface area contributed by atoms with E-state index in [1.54, 1.807) is 29.8 Å². The summed E-state index contributed by atoms with van der Waals surface area (Å²) < 4.78 is 5.89. The molecule has 0 saturated carbocycles. The van der Waals surface area contributed by atoms with Gasteiger partial charge in [-0.3, -0.25) is 9.78 Å². The number of benzene rings is 1. The summed E-state index contributed by atoms with van der Waals surface area (Å²) in [4.78, 5) is 21.4. The van der Waals surface area contributed by atoms with Gasteiger partial charge in [-0.05, 0) is 35.9 Å². The van der Waals surface area contributed by atoms with Crippen molar-refractivity contribution in [2.45, 2.75) is 0 Å². The van der Waals surface area contributed by atoms with Crippen LogP contribution in [0.4, 0.5) is 11.4 Å². The predicted molar refractivity (Wildman–Crippen MR) is 125 cm³/mol. The standard InChI is InChI=1S/C24H22N4O2S/c29-24(27-18-16-26-11-10-19(18)28-14-12-25-13-15-28)21-7-6-20(30-21)23-9-8-22(31-23)17-4-2-1-3-5-17/h1-11,16,25H,12-15H2,(H,27,29). The van der Waals surface area contributed by atoms with Gasteiger partial charge in [0.15, 0.2) is 5.76 Å². The number of aromatic nitrogens is 1. The molecule has 31 heavy (non-hydrogen) atoms. The molecule has 2 N–H and O–H groups in total. The highest BCUT2D eigenvalue weighted by atomic mass is 32.1. The maximum atomic E-state index is 12.9. The van der Waals surface area contributed by atoms with Crippen LogP contribution in [-0.2, 0) is 0 Å². The SMILES string of the molecule is O=C(Nc1cnccc1N1CCNCC1)c1ccc(-c2ccc(-c3ccccc3)s2)o1. The molecule has 1 aliphatic heterocycles. The molecule has 4 aromatic rings. The number of amides is 1. The van der Waals surface area contributed by atoms with E-state index in [0.717, 1.165) is 41.6 Å². The smallest absolute Gasteiger partial charge is 0.291 e. The van der Waals surface area contributed by atoms with Gasteiger partial charge in [0.2, 0.25) is 0 Å². The zero-order valence-electron chi connectivity index (χ0n) is 16.9. The van der Waals surface area contributed by atoms with E-state index in [1.807, 2.05) is 36.4 Å².